The molecule has 1 rings (SSSR count). The van der Waals surface area contributed by atoms with Crippen LogP contribution in [0, 0.1) is 0 Å². The maximum atomic E-state index is 10.9. The molecule has 1 N–H and O–H groups in total. The minimum absolute atomic E-state index is 0.107. The van der Waals surface area contributed by atoms with Crippen LogP contribution in [0.3, 0.4) is 0 Å². The molecule has 0 bridgehead atoms. The molecule has 0 saturated heterocycles. The van der Waals surface area contributed by atoms with Crippen molar-refractivity contribution in [1.82, 2.24) is 4.90 Å². The Morgan fingerprint density at radius 1 is 1.24 bits per heavy atom. The first-order chi connectivity index (χ1) is 8.03. The highest BCUT2D eigenvalue weighted by molar-refractivity contribution is 7.85. The van der Waals surface area contributed by atoms with E-state index in [9.17, 15) is 8.42 Å². The predicted octanol–water partition coefficient (Wildman–Crippen LogP) is 0.590. The molecule has 6 heteroatoms. The molecule has 0 aromatic rings. The quantitative estimate of drug-likeness (QED) is 0.682. The fourth-order valence-corrected chi connectivity index (χ4v) is 2.73. The number of nitrogens with zero attached hydrogens (tertiary/aromatic N) is 1. The van der Waals surface area contributed by atoms with Gasteiger partial charge in [-0.25, -0.2) is 0 Å². The molecule has 0 aromatic carbocycles. The molecule has 17 heavy (non-hydrogen) atoms. The number of hydrogen-bond acceptors (Lipinski definition) is 5. The summed E-state index contributed by atoms with van der Waals surface area (Å²) in [5.74, 6) is 0. The average Bonchev–Trinajstić information content (AvgIpc) is 2.27. The van der Waals surface area contributed by atoms with E-state index < -0.39 is 10.1 Å². The lowest BCUT2D eigenvalue weighted by Crippen LogP contribution is -2.41. The van der Waals surface area contributed by atoms with Gasteiger partial charge in [0.1, 0.15) is 0 Å². The van der Waals surface area contributed by atoms with E-state index in [-0.39, 0.29) is 13.2 Å². The van der Waals surface area contributed by atoms with E-state index in [2.05, 4.69) is 4.90 Å². The minimum Gasteiger partial charge on any atom is -0.395 e. The average molecular weight is 265 g/mol. The van der Waals surface area contributed by atoms with Crippen LogP contribution in [0.25, 0.3) is 0 Å². The number of aliphatic hydroxyl groups excluding tert-OH is 1. The number of rotatable bonds is 7. The van der Waals surface area contributed by atoms with Crippen LogP contribution < -0.4 is 0 Å². The minimum atomic E-state index is -3.35. The third-order valence-electron chi connectivity index (χ3n) is 3.15. The third kappa shape index (κ3) is 6.35. The Morgan fingerprint density at radius 3 is 2.41 bits per heavy atom. The van der Waals surface area contributed by atoms with E-state index in [1.165, 1.54) is 19.3 Å². The molecule has 0 atom stereocenters. The van der Waals surface area contributed by atoms with Gasteiger partial charge in [0.05, 0.1) is 19.5 Å². The summed E-state index contributed by atoms with van der Waals surface area (Å²) in [7, 11) is -3.35. The lowest BCUT2D eigenvalue weighted by molar-refractivity contribution is 0.107. The van der Waals surface area contributed by atoms with Crippen molar-refractivity contribution < 1.29 is 17.7 Å². The Hall–Kier alpha value is -0.170. The second-order valence-electron chi connectivity index (χ2n) is 4.58. The van der Waals surface area contributed by atoms with Crippen LogP contribution in [0.15, 0.2) is 0 Å². The summed E-state index contributed by atoms with van der Waals surface area (Å²) in [6, 6.07) is 0.471. The fraction of sp³-hybridized carbons (Fsp3) is 1.00. The second kappa shape index (κ2) is 7.31. The highest BCUT2D eigenvalue weighted by Crippen LogP contribution is 2.22. The third-order valence-corrected chi connectivity index (χ3v) is 3.75. The summed E-state index contributed by atoms with van der Waals surface area (Å²) < 4.78 is 26.5. The van der Waals surface area contributed by atoms with Crippen LogP contribution in [0.5, 0.6) is 0 Å². The summed E-state index contributed by atoms with van der Waals surface area (Å²) in [4.78, 5) is 2.14. The van der Waals surface area contributed by atoms with Gasteiger partial charge in [0.25, 0.3) is 10.1 Å². The Morgan fingerprint density at radius 2 is 1.88 bits per heavy atom. The molecule has 0 spiro atoms. The van der Waals surface area contributed by atoms with Crippen molar-refractivity contribution in [3.05, 3.63) is 0 Å². The van der Waals surface area contributed by atoms with Crippen molar-refractivity contribution in [3.63, 3.8) is 0 Å². The van der Waals surface area contributed by atoms with Crippen LogP contribution in [-0.2, 0) is 14.3 Å². The molecule has 102 valence electrons. The lowest BCUT2D eigenvalue weighted by Gasteiger charge is -2.33. The van der Waals surface area contributed by atoms with Crippen LogP contribution in [0.2, 0.25) is 0 Å². The van der Waals surface area contributed by atoms with Crippen LogP contribution in [0.4, 0.5) is 0 Å². The topological polar surface area (TPSA) is 66.8 Å². The van der Waals surface area contributed by atoms with Gasteiger partial charge in [-0.3, -0.25) is 9.08 Å². The molecule has 0 amide bonds. The molecular weight excluding hydrogens is 242 g/mol. The first-order valence-corrected chi connectivity index (χ1v) is 8.04. The van der Waals surface area contributed by atoms with Crippen LogP contribution in [0.1, 0.15) is 32.1 Å². The zero-order valence-electron chi connectivity index (χ0n) is 10.5. The largest absolute Gasteiger partial charge is 0.395 e. The summed E-state index contributed by atoms with van der Waals surface area (Å²) in [6.07, 6.45) is 7.06. The molecule has 1 aliphatic carbocycles. The van der Waals surface area contributed by atoms with Crippen molar-refractivity contribution in [3.8, 4) is 0 Å². The molecule has 0 aromatic heterocycles. The Labute approximate surface area is 104 Å². The molecule has 0 unspecified atom stereocenters. The highest BCUT2D eigenvalue weighted by atomic mass is 32.2. The van der Waals surface area contributed by atoms with E-state index in [1.807, 2.05) is 0 Å². The van der Waals surface area contributed by atoms with Gasteiger partial charge in [-0.15, -0.1) is 0 Å². The van der Waals surface area contributed by atoms with E-state index in [0.717, 1.165) is 19.1 Å². The van der Waals surface area contributed by atoms with Gasteiger partial charge < -0.3 is 5.11 Å². The van der Waals surface area contributed by atoms with Crippen molar-refractivity contribution in [1.29, 1.82) is 0 Å². The van der Waals surface area contributed by atoms with E-state index in [4.69, 9.17) is 9.29 Å². The van der Waals surface area contributed by atoms with Crippen molar-refractivity contribution in [2.24, 2.45) is 0 Å². The van der Waals surface area contributed by atoms with Gasteiger partial charge in [-0.2, -0.15) is 8.42 Å². The summed E-state index contributed by atoms with van der Waals surface area (Å²) in [5, 5.41) is 9.03. The fourth-order valence-electron chi connectivity index (χ4n) is 2.36. The zero-order valence-corrected chi connectivity index (χ0v) is 11.3. The summed E-state index contributed by atoms with van der Waals surface area (Å²) >= 11 is 0. The van der Waals surface area contributed by atoms with Gasteiger partial charge in [0.2, 0.25) is 0 Å². The predicted molar refractivity (Wildman–Crippen MR) is 66.3 cm³/mol. The Kier molecular flexibility index (Phi) is 6.40. The Balaban J connectivity index is 2.36. The first-order valence-electron chi connectivity index (χ1n) is 6.22. The van der Waals surface area contributed by atoms with Gasteiger partial charge in [0, 0.05) is 19.1 Å². The van der Waals surface area contributed by atoms with Gasteiger partial charge >= 0.3 is 0 Å². The van der Waals surface area contributed by atoms with Crippen molar-refractivity contribution in [2.45, 2.75) is 38.1 Å². The molecule has 1 fully saturated rings. The van der Waals surface area contributed by atoms with Gasteiger partial charge in [-0.05, 0) is 12.8 Å². The van der Waals surface area contributed by atoms with E-state index >= 15 is 0 Å². The normalized spacial score (nSPS) is 18.8. The van der Waals surface area contributed by atoms with E-state index in [0.29, 0.717) is 19.1 Å². The van der Waals surface area contributed by atoms with Gasteiger partial charge in [0.15, 0.2) is 0 Å². The zero-order chi connectivity index (χ0) is 12.7. The van der Waals surface area contributed by atoms with Crippen LogP contribution in [-0.4, -0.2) is 57.0 Å². The molecular formula is C11H23NO4S. The van der Waals surface area contributed by atoms with Crippen molar-refractivity contribution in [2.75, 3.05) is 32.6 Å². The SMILES string of the molecule is CS(=O)(=O)OCCN(CCO)C1CCCCC1. The Bertz CT molecular complexity index is 299. The standard InChI is InChI=1S/C11H23NO4S/c1-17(14,15)16-10-8-12(7-9-13)11-5-3-2-4-6-11/h11,13H,2-10H2,1H3. The highest BCUT2D eigenvalue weighted by Gasteiger charge is 2.20. The summed E-state index contributed by atoms with van der Waals surface area (Å²) in [6.45, 7) is 1.45. The second-order valence-corrected chi connectivity index (χ2v) is 6.22. The molecule has 1 aliphatic rings. The number of aliphatic hydroxyl groups is 1. The van der Waals surface area contributed by atoms with Crippen LogP contribution >= 0.6 is 0 Å². The molecule has 0 heterocycles. The summed E-state index contributed by atoms with van der Waals surface area (Å²) in [5.41, 5.74) is 0. The maximum absolute atomic E-state index is 10.9. The van der Waals surface area contributed by atoms with Crippen molar-refractivity contribution >= 4 is 10.1 Å². The lowest BCUT2D eigenvalue weighted by atomic mass is 9.94. The smallest absolute Gasteiger partial charge is 0.264 e. The van der Waals surface area contributed by atoms with Gasteiger partial charge in [-0.1, -0.05) is 19.3 Å². The molecule has 1 saturated carbocycles. The molecule has 5 nitrogen and oxygen atoms in total. The maximum Gasteiger partial charge on any atom is 0.264 e. The molecule has 0 aliphatic heterocycles. The number of hydrogen-bond donors (Lipinski definition) is 1. The first kappa shape index (κ1) is 14.9. The monoisotopic (exact) mass is 265 g/mol. The van der Waals surface area contributed by atoms with E-state index in [1.54, 1.807) is 0 Å². The molecule has 0 radical (unpaired) electrons.